The molecule has 0 atom stereocenters. The van der Waals surface area contributed by atoms with Crippen molar-refractivity contribution in [1.29, 1.82) is 0 Å². The van der Waals surface area contributed by atoms with Crippen LogP contribution in [0.15, 0.2) is 47.2 Å². The molecule has 0 bridgehead atoms. The molecule has 3 aromatic rings. The highest BCUT2D eigenvalue weighted by Gasteiger charge is 2.20. The summed E-state index contributed by atoms with van der Waals surface area (Å²) in [6, 6.07) is 10.0. The predicted molar refractivity (Wildman–Crippen MR) is 108 cm³/mol. The zero-order valence-corrected chi connectivity index (χ0v) is 16.8. The molecule has 1 aliphatic heterocycles. The van der Waals surface area contributed by atoms with Crippen LogP contribution in [0.5, 0.6) is 5.75 Å². The Morgan fingerprint density at radius 1 is 1.04 bits per heavy atom. The summed E-state index contributed by atoms with van der Waals surface area (Å²) in [6.45, 7) is 5.84. The van der Waals surface area contributed by atoms with Gasteiger partial charge >= 0.3 is 0 Å². The maximum absolute atomic E-state index is 5.75. The van der Waals surface area contributed by atoms with Crippen molar-refractivity contribution >= 4 is 27.7 Å². The Morgan fingerprint density at radius 3 is 2.67 bits per heavy atom. The Bertz CT molecular complexity index is 863. The van der Waals surface area contributed by atoms with Crippen molar-refractivity contribution in [2.45, 2.75) is 12.8 Å². The minimum Gasteiger partial charge on any atom is -0.494 e. The summed E-state index contributed by atoms with van der Waals surface area (Å²) in [5, 5.41) is 4.54. The molecule has 0 aliphatic carbocycles. The third kappa shape index (κ3) is 4.75. The summed E-state index contributed by atoms with van der Waals surface area (Å²) >= 11 is 3.41. The lowest BCUT2D eigenvalue weighted by Gasteiger charge is -2.34. The Labute approximate surface area is 167 Å². The maximum Gasteiger partial charge on any atom is 0.254 e. The molecule has 0 saturated carbocycles. The predicted octanol–water partition coefficient (Wildman–Crippen LogP) is 2.87. The van der Waals surface area contributed by atoms with Gasteiger partial charge in [-0.3, -0.25) is 4.90 Å². The van der Waals surface area contributed by atoms with E-state index in [1.807, 2.05) is 36.5 Å². The highest BCUT2D eigenvalue weighted by molar-refractivity contribution is 9.10. The Kier molecular flexibility index (Phi) is 5.84. The summed E-state index contributed by atoms with van der Waals surface area (Å²) in [5.41, 5.74) is 0. The van der Waals surface area contributed by atoms with E-state index < -0.39 is 0 Å². The summed E-state index contributed by atoms with van der Waals surface area (Å²) in [4.78, 5) is 13.6. The number of piperazine rings is 1. The minimum atomic E-state index is 0.633. The monoisotopic (exact) mass is 430 g/mol. The van der Waals surface area contributed by atoms with Gasteiger partial charge in [0.25, 0.3) is 5.78 Å². The highest BCUT2D eigenvalue weighted by Crippen LogP contribution is 2.15. The van der Waals surface area contributed by atoms with Crippen molar-refractivity contribution in [2.24, 2.45) is 0 Å². The molecule has 1 saturated heterocycles. The first-order valence-electron chi connectivity index (χ1n) is 9.31. The SMILES string of the molecule is Brc1cnc2nc(N3CCN(CCCCOc4ccccc4)CC3)nn2c1. The van der Waals surface area contributed by atoms with Crippen LogP contribution < -0.4 is 9.64 Å². The number of anilines is 1. The van der Waals surface area contributed by atoms with E-state index in [1.54, 1.807) is 10.7 Å². The standard InChI is InChI=1S/C19H23BrN6O/c20-16-14-21-18-22-19(23-26(18)15-16)25-11-9-24(10-12-25)8-4-5-13-27-17-6-2-1-3-7-17/h1-3,6-7,14-15H,4-5,8-13H2. The van der Waals surface area contributed by atoms with Crippen LogP contribution in [0.3, 0.4) is 0 Å². The third-order valence-electron chi connectivity index (χ3n) is 4.69. The second-order valence-electron chi connectivity index (χ2n) is 6.63. The Morgan fingerprint density at radius 2 is 1.85 bits per heavy atom. The van der Waals surface area contributed by atoms with Crippen molar-refractivity contribution in [1.82, 2.24) is 24.5 Å². The molecule has 3 heterocycles. The molecule has 4 rings (SSSR count). The van der Waals surface area contributed by atoms with Gasteiger partial charge in [0.2, 0.25) is 5.95 Å². The van der Waals surface area contributed by atoms with Crippen LogP contribution in [-0.2, 0) is 0 Å². The summed E-state index contributed by atoms with van der Waals surface area (Å²) < 4.78 is 8.37. The second-order valence-corrected chi connectivity index (χ2v) is 7.54. The fourth-order valence-corrected chi connectivity index (χ4v) is 3.49. The highest BCUT2D eigenvalue weighted by atomic mass is 79.9. The summed E-state index contributed by atoms with van der Waals surface area (Å²) in [6.07, 6.45) is 5.85. The average molecular weight is 431 g/mol. The number of hydrogen-bond acceptors (Lipinski definition) is 6. The molecule has 142 valence electrons. The number of rotatable bonds is 7. The van der Waals surface area contributed by atoms with Gasteiger partial charge in [-0.2, -0.15) is 4.98 Å². The number of benzene rings is 1. The van der Waals surface area contributed by atoms with Crippen LogP contribution in [0.4, 0.5) is 5.95 Å². The van der Waals surface area contributed by atoms with E-state index in [0.29, 0.717) is 5.78 Å². The van der Waals surface area contributed by atoms with Crippen molar-refractivity contribution in [3.05, 3.63) is 47.2 Å². The number of ether oxygens (including phenoxy) is 1. The molecule has 8 heteroatoms. The fourth-order valence-electron chi connectivity index (χ4n) is 3.20. The molecule has 0 spiro atoms. The van der Waals surface area contributed by atoms with Gasteiger partial charge in [-0.25, -0.2) is 9.50 Å². The Balaban J connectivity index is 1.18. The molecule has 0 radical (unpaired) electrons. The van der Waals surface area contributed by atoms with E-state index in [1.165, 1.54) is 0 Å². The zero-order valence-electron chi connectivity index (χ0n) is 15.2. The second kappa shape index (κ2) is 8.67. The molecule has 0 N–H and O–H groups in total. The molecule has 27 heavy (non-hydrogen) atoms. The molecule has 1 aliphatic rings. The topological polar surface area (TPSA) is 58.8 Å². The van der Waals surface area contributed by atoms with Gasteiger partial charge in [-0.15, -0.1) is 5.10 Å². The fraction of sp³-hybridized carbons (Fsp3) is 0.421. The third-order valence-corrected chi connectivity index (χ3v) is 5.10. The molecule has 0 amide bonds. The Hall–Kier alpha value is -2.19. The molecule has 1 fully saturated rings. The number of nitrogens with zero attached hydrogens (tertiary/aromatic N) is 6. The molecular weight excluding hydrogens is 408 g/mol. The van der Waals surface area contributed by atoms with Crippen LogP contribution in [0.1, 0.15) is 12.8 Å². The van der Waals surface area contributed by atoms with Gasteiger partial charge in [0.05, 0.1) is 11.1 Å². The number of halogens is 1. The maximum atomic E-state index is 5.75. The molecule has 2 aromatic heterocycles. The van der Waals surface area contributed by atoms with Gasteiger partial charge in [0.15, 0.2) is 0 Å². The van der Waals surface area contributed by atoms with E-state index in [4.69, 9.17) is 4.74 Å². The van der Waals surface area contributed by atoms with E-state index in [-0.39, 0.29) is 0 Å². The van der Waals surface area contributed by atoms with Crippen LogP contribution in [-0.4, -0.2) is 63.8 Å². The van der Waals surface area contributed by atoms with E-state index in [9.17, 15) is 0 Å². The van der Waals surface area contributed by atoms with Gasteiger partial charge < -0.3 is 9.64 Å². The number of hydrogen-bond donors (Lipinski definition) is 0. The quantitative estimate of drug-likeness (QED) is 0.537. The summed E-state index contributed by atoms with van der Waals surface area (Å²) in [5.74, 6) is 2.35. The lowest BCUT2D eigenvalue weighted by molar-refractivity contribution is 0.238. The minimum absolute atomic E-state index is 0.633. The summed E-state index contributed by atoms with van der Waals surface area (Å²) in [7, 11) is 0. The number of fused-ring (bicyclic) bond motifs is 1. The number of aromatic nitrogens is 4. The van der Waals surface area contributed by atoms with E-state index in [0.717, 1.165) is 68.3 Å². The number of unbranched alkanes of at least 4 members (excludes halogenated alkanes) is 1. The van der Waals surface area contributed by atoms with Crippen LogP contribution in [0, 0.1) is 0 Å². The van der Waals surface area contributed by atoms with E-state index >= 15 is 0 Å². The van der Waals surface area contributed by atoms with Crippen molar-refractivity contribution in [2.75, 3.05) is 44.2 Å². The van der Waals surface area contributed by atoms with Crippen LogP contribution in [0.2, 0.25) is 0 Å². The molecular formula is C19H23BrN6O. The normalized spacial score (nSPS) is 15.4. The van der Waals surface area contributed by atoms with Gasteiger partial charge in [0.1, 0.15) is 5.75 Å². The molecule has 0 unspecified atom stereocenters. The first-order chi connectivity index (χ1) is 13.3. The first kappa shape index (κ1) is 18.2. The van der Waals surface area contributed by atoms with Crippen LogP contribution in [0.25, 0.3) is 5.78 Å². The zero-order chi connectivity index (χ0) is 18.5. The van der Waals surface area contributed by atoms with Gasteiger partial charge in [0, 0.05) is 38.6 Å². The smallest absolute Gasteiger partial charge is 0.254 e. The van der Waals surface area contributed by atoms with Crippen molar-refractivity contribution in [3.8, 4) is 5.75 Å². The van der Waals surface area contributed by atoms with Crippen molar-refractivity contribution in [3.63, 3.8) is 0 Å². The number of para-hydroxylation sites is 1. The first-order valence-corrected chi connectivity index (χ1v) is 10.1. The van der Waals surface area contributed by atoms with Crippen molar-refractivity contribution < 1.29 is 4.74 Å². The van der Waals surface area contributed by atoms with Gasteiger partial charge in [-0.05, 0) is 47.4 Å². The largest absolute Gasteiger partial charge is 0.494 e. The van der Waals surface area contributed by atoms with Gasteiger partial charge in [-0.1, -0.05) is 18.2 Å². The molecule has 7 nitrogen and oxygen atoms in total. The average Bonchev–Trinajstić information content (AvgIpc) is 3.12. The lowest BCUT2D eigenvalue weighted by Crippen LogP contribution is -2.47. The lowest BCUT2D eigenvalue weighted by atomic mass is 10.2. The van der Waals surface area contributed by atoms with E-state index in [2.05, 4.69) is 40.8 Å². The van der Waals surface area contributed by atoms with Crippen LogP contribution >= 0.6 is 15.9 Å². The molecule has 1 aromatic carbocycles.